The van der Waals surface area contributed by atoms with E-state index < -0.39 is 16.2 Å². The minimum absolute atomic E-state index is 0.0812. The van der Waals surface area contributed by atoms with Crippen LogP contribution in [0.5, 0.6) is 0 Å². The Hall–Kier alpha value is -1.00. The van der Waals surface area contributed by atoms with E-state index in [0.717, 1.165) is 11.3 Å². The first-order chi connectivity index (χ1) is 9.38. The summed E-state index contributed by atoms with van der Waals surface area (Å²) in [6.45, 7) is 2.92. The lowest BCUT2D eigenvalue weighted by Gasteiger charge is -2.30. The van der Waals surface area contributed by atoms with Gasteiger partial charge in [0.15, 0.2) is 0 Å². The van der Waals surface area contributed by atoms with Gasteiger partial charge in [-0.15, -0.1) is 11.3 Å². The molecule has 0 saturated carbocycles. The Morgan fingerprint density at radius 1 is 1.65 bits per heavy atom. The van der Waals surface area contributed by atoms with Crippen molar-refractivity contribution in [2.45, 2.75) is 19.6 Å². The second-order valence-electron chi connectivity index (χ2n) is 4.49. The molecular weight excluding hydrogens is 304 g/mol. The number of thiophene rings is 1. The summed E-state index contributed by atoms with van der Waals surface area (Å²) in [5.41, 5.74) is 0.636. The Morgan fingerprint density at radius 2 is 2.40 bits per heavy atom. The molecule has 0 aromatic carbocycles. The number of carbonyl (C=O) groups is 1. The molecule has 1 saturated heterocycles. The van der Waals surface area contributed by atoms with Crippen molar-refractivity contribution in [3.05, 3.63) is 21.9 Å². The van der Waals surface area contributed by atoms with Crippen molar-refractivity contribution in [1.82, 2.24) is 9.03 Å². The fraction of sp³-hybridized carbons (Fsp3) is 0.545. The first-order valence-electron chi connectivity index (χ1n) is 6.05. The number of hydrogen-bond donors (Lipinski definition) is 2. The Kier molecular flexibility index (Phi) is 4.76. The Balaban J connectivity index is 1.96. The van der Waals surface area contributed by atoms with E-state index in [1.165, 1.54) is 10.4 Å². The Bertz CT molecular complexity index is 583. The van der Waals surface area contributed by atoms with Gasteiger partial charge in [-0.2, -0.15) is 17.4 Å². The van der Waals surface area contributed by atoms with Crippen molar-refractivity contribution < 1.29 is 23.1 Å². The summed E-state index contributed by atoms with van der Waals surface area (Å²) in [6, 6.07) is 1.47. The third-order valence-corrected chi connectivity index (χ3v) is 5.35. The summed E-state index contributed by atoms with van der Waals surface area (Å²) in [6.07, 6.45) is -0.125. The van der Waals surface area contributed by atoms with Gasteiger partial charge in [-0.1, -0.05) is 0 Å². The normalized spacial score (nSPS) is 20.9. The molecular formula is C11H16N2O5S2. The lowest BCUT2D eigenvalue weighted by Crippen LogP contribution is -2.48. The van der Waals surface area contributed by atoms with Crippen LogP contribution in [0.3, 0.4) is 0 Å². The second-order valence-corrected chi connectivity index (χ2v) is 7.16. The van der Waals surface area contributed by atoms with E-state index in [4.69, 9.17) is 9.84 Å². The molecule has 20 heavy (non-hydrogen) atoms. The highest BCUT2D eigenvalue weighted by atomic mass is 32.2. The van der Waals surface area contributed by atoms with Crippen molar-refractivity contribution in [2.75, 3.05) is 19.7 Å². The van der Waals surface area contributed by atoms with Crippen molar-refractivity contribution >= 4 is 27.5 Å². The van der Waals surface area contributed by atoms with Gasteiger partial charge in [0.25, 0.3) is 10.2 Å². The topological polar surface area (TPSA) is 95.9 Å². The van der Waals surface area contributed by atoms with Crippen LogP contribution in [0.15, 0.2) is 11.4 Å². The predicted molar refractivity (Wildman–Crippen MR) is 74.0 cm³/mol. The van der Waals surface area contributed by atoms with E-state index in [0.29, 0.717) is 25.3 Å². The van der Waals surface area contributed by atoms with Crippen LogP contribution in [0.1, 0.15) is 22.2 Å². The SMILES string of the molecule is CC1CN(S(=O)(=O)NCc2csc(C(=O)O)c2)CCO1. The number of hydrogen-bond acceptors (Lipinski definition) is 5. The van der Waals surface area contributed by atoms with Crippen molar-refractivity contribution in [3.8, 4) is 0 Å². The third kappa shape index (κ3) is 3.76. The smallest absolute Gasteiger partial charge is 0.345 e. The number of nitrogens with one attached hydrogen (secondary N) is 1. The number of aromatic carboxylic acids is 1. The fourth-order valence-electron chi connectivity index (χ4n) is 1.85. The van der Waals surface area contributed by atoms with E-state index in [2.05, 4.69) is 4.72 Å². The number of nitrogens with zero attached hydrogens (tertiary/aromatic N) is 1. The molecule has 1 atom stereocenters. The maximum absolute atomic E-state index is 12.1. The Labute approximate surface area is 121 Å². The van der Waals surface area contributed by atoms with Crippen LogP contribution in [0.2, 0.25) is 0 Å². The molecule has 112 valence electrons. The molecule has 1 aromatic rings. The molecule has 0 radical (unpaired) electrons. The van der Waals surface area contributed by atoms with Gasteiger partial charge in [0.05, 0.1) is 12.7 Å². The van der Waals surface area contributed by atoms with Gasteiger partial charge < -0.3 is 9.84 Å². The molecule has 2 N–H and O–H groups in total. The third-order valence-electron chi connectivity index (χ3n) is 2.87. The lowest BCUT2D eigenvalue weighted by atomic mass is 10.3. The molecule has 1 aromatic heterocycles. The molecule has 0 amide bonds. The zero-order chi connectivity index (χ0) is 14.8. The minimum atomic E-state index is -3.56. The maximum atomic E-state index is 12.1. The highest BCUT2D eigenvalue weighted by Crippen LogP contribution is 2.15. The van der Waals surface area contributed by atoms with E-state index >= 15 is 0 Å². The summed E-state index contributed by atoms with van der Waals surface area (Å²) < 4.78 is 33.3. The molecule has 1 aliphatic heterocycles. The van der Waals surface area contributed by atoms with Crippen molar-refractivity contribution in [1.29, 1.82) is 0 Å². The quantitative estimate of drug-likeness (QED) is 0.824. The number of morpholine rings is 1. The van der Waals surface area contributed by atoms with Gasteiger partial charge in [-0.05, 0) is 23.9 Å². The van der Waals surface area contributed by atoms with Crippen LogP contribution in [-0.4, -0.2) is 49.6 Å². The molecule has 2 heterocycles. The first-order valence-corrected chi connectivity index (χ1v) is 8.37. The van der Waals surface area contributed by atoms with E-state index in [-0.39, 0.29) is 17.5 Å². The van der Waals surface area contributed by atoms with Crippen LogP contribution in [0.4, 0.5) is 0 Å². The fourth-order valence-corrected chi connectivity index (χ4v) is 3.85. The summed E-state index contributed by atoms with van der Waals surface area (Å²) in [7, 11) is -3.56. The van der Waals surface area contributed by atoms with Crippen LogP contribution in [-0.2, 0) is 21.5 Å². The number of rotatable bonds is 5. The monoisotopic (exact) mass is 320 g/mol. The van der Waals surface area contributed by atoms with Crippen molar-refractivity contribution in [3.63, 3.8) is 0 Å². The van der Waals surface area contributed by atoms with Gasteiger partial charge in [0.1, 0.15) is 4.88 Å². The molecule has 1 aliphatic rings. The molecule has 2 rings (SSSR count). The lowest BCUT2D eigenvalue weighted by molar-refractivity contribution is 0.00976. The summed E-state index contributed by atoms with van der Waals surface area (Å²) in [5.74, 6) is -1.01. The molecule has 0 aliphatic carbocycles. The Morgan fingerprint density at radius 3 is 3.00 bits per heavy atom. The minimum Gasteiger partial charge on any atom is -0.477 e. The molecule has 9 heteroatoms. The van der Waals surface area contributed by atoms with Crippen LogP contribution >= 0.6 is 11.3 Å². The highest BCUT2D eigenvalue weighted by molar-refractivity contribution is 7.87. The highest BCUT2D eigenvalue weighted by Gasteiger charge is 2.27. The van der Waals surface area contributed by atoms with E-state index in [9.17, 15) is 13.2 Å². The van der Waals surface area contributed by atoms with Gasteiger partial charge in [0.2, 0.25) is 0 Å². The van der Waals surface area contributed by atoms with Gasteiger partial charge in [0, 0.05) is 19.6 Å². The molecule has 1 fully saturated rings. The summed E-state index contributed by atoms with van der Waals surface area (Å²) in [4.78, 5) is 10.9. The maximum Gasteiger partial charge on any atom is 0.345 e. The zero-order valence-electron chi connectivity index (χ0n) is 10.9. The van der Waals surface area contributed by atoms with Gasteiger partial charge >= 0.3 is 5.97 Å². The molecule has 7 nitrogen and oxygen atoms in total. The number of carboxylic acids is 1. The van der Waals surface area contributed by atoms with Gasteiger partial charge in [-0.3, -0.25) is 0 Å². The molecule has 0 bridgehead atoms. The predicted octanol–water partition coefficient (Wildman–Crippen LogP) is 0.501. The van der Waals surface area contributed by atoms with E-state index in [1.807, 2.05) is 6.92 Å². The van der Waals surface area contributed by atoms with Crippen LogP contribution in [0.25, 0.3) is 0 Å². The average molecular weight is 320 g/mol. The van der Waals surface area contributed by atoms with Crippen molar-refractivity contribution in [2.24, 2.45) is 0 Å². The molecule has 0 spiro atoms. The second kappa shape index (κ2) is 6.19. The number of ether oxygens (including phenoxy) is 1. The largest absolute Gasteiger partial charge is 0.477 e. The number of carboxylic acid groups (broad SMARTS) is 1. The van der Waals surface area contributed by atoms with Crippen LogP contribution in [0, 0.1) is 0 Å². The average Bonchev–Trinajstić information content (AvgIpc) is 2.85. The summed E-state index contributed by atoms with van der Waals surface area (Å²) >= 11 is 1.08. The standard InChI is InChI=1S/C11H16N2O5S2/c1-8-6-13(2-3-18-8)20(16,17)12-5-9-4-10(11(14)15)19-7-9/h4,7-8,12H,2-3,5-6H2,1H3,(H,14,15). The zero-order valence-corrected chi connectivity index (χ0v) is 12.5. The molecule has 1 unspecified atom stereocenters. The van der Waals surface area contributed by atoms with E-state index in [1.54, 1.807) is 5.38 Å². The first kappa shape index (κ1) is 15.4. The van der Waals surface area contributed by atoms with Gasteiger partial charge in [-0.25, -0.2) is 4.79 Å². The van der Waals surface area contributed by atoms with Crippen LogP contribution < -0.4 is 4.72 Å². The summed E-state index contributed by atoms with van der Waals surface area (Å²) in [5, 5.41) is 10.4.